The Morgan fingerprint density at radius 3 is 2.30 bits per heavy atom. The van der Waals surface area contributed by atoms with Crippen LogP contribution >= 0.6 is 0 Å². The van der Waals surface area contributed by atoms with Crippen molar-refractivity contribution in [3.05, 3.63) is 65.7 Å². The monoisotopic (exact) mass is 306 g/mol. The summed E-state index contributed by atoms with van der Waals surface area (Å²) in [6.45, 7) is 3.81. The average molecular weight is 306 g/mol. The van der Waals surface area contributed by atoms with Crippen LogP contribution in [0.15, 0.2) is 65.3 Å². The van der Waals surface area contributed by atoms with Gasteiger partial charge in [-0.1, -0.05) is 30.3 Å². The van der Waals surface area contributed by atoms with E-state index in [0.29, 0.717) is 5.57 Å². The van der Waals surface area contributed by atoms with Crippen molar-refractivity contribution in [2.24, 2.45) is 5.10 Å². The Kier molecular flexibility index (Phi) is 3.98. The van der Waals surface area contributed by atoms with Gasteiger partial charge in [-0.2, -0.15) is 10.1 Å². The van der Waals surface area contributed by atoms with Crippen molar-refractivity contribution in [1.29, 1.82) is 0 Å². The minimum absolute atomic E-state index is 0.0954. The van der Waals surface area contributed by atoms with Gasteiger partial charge in [0.15, 0.2) is 0 Å². The molecule has 116 valence electrons. The standard InChI is InChI=1S/C19H18N2O2/c1-13(15-9-11-17(23-3)12-10-15)18-14(2)20-21(19(18)22)16-7-5-4-6-8-16/h4-12H,1-3H3. The second-order valence-electron chi connectivity index (χ2n) is 5.37. The molecule has 23 heavy (non-hydrogen) atoms. The summed E-state index contributed by atoms with van der Waals surface area (Å²) in [6, 6.07) is 17.1. The van der Waals surface area contributed by atoms with Gasteiger partial charge in [0.2, 0.25) is 0 Å². The lowest BCUT2D eigenvalue weighted by Crippen LogP contribution is -2.21. The molecule has 0 fully saturated rings. The van der Waals surface area contributed by atoms with E-state index >= 15 is 0 Å². The van der Waals surface area contributed by atoms with Gasteiger partial charge in [-0.3, -0.25) is 4.79 Å². The maximum Gasteiger partial charge on any atom is 0.280 e. The fourth-order valence-electron chi connectivity index (χ4n) is 2.67. The molecule has 0 aromatic heterocycles. The molecule has 0 unspecified atom stereocenters. The summed E-state index contributed by atoms with van der Waals surface area (Å²) in [7, 11) is 1.63. The molecule has 1 heterocycles. The molecular weight excluding hydrogens is 288 g/mol. The Morgan fingerprint density at radius 1 is 1.04 bits per heavy atom. The third-order valence-electron chi connectivity index (χ3n) is 3.92. The molecule has 0 N–H and O–H groups in total. The highest BCUT2D eigenvalue weighted by atomic mass is 16.5. The minimum atomic E-state index is -0.0954. The lowest BCUT2D eigenvalue weighted by atomic mass is 9.98. The predicted octanol–water partition coefficient (Wildman–Crippen LogP) is 3.89. The number of hydrogen-bond donors (Lipinski definition) is 0. The zero-order valence-corrected chi connectivity index (χ0v) is 13.4. The largest absolute Gasteiger partial charge is 0.497 e. The van der Waals surface area contributed by atoms with E-state index in [4.69, 9.17) is 4.74 Å². The zero-order chi connectivity index (χ0) is 16.4. The summed E-state index contributed by atoms with van der Waals surface area (Å²) in [5.74, 6) is 0.697. The first-order valence-electron chi connectivity index (χ1n) is 7.42. The van der Waals surface area contributed by atoms with Gasteiger partial charge < -0.3 is 4.74 Å². The van der Waals surface area contributed by atoms with E-state index < -0.39 is 0 Å². The number of rotatable bonds is 3. The molecule has 2 aromatic carbocycles. The molecule has 0 saturated heterocycles. The van der Waals surface area contributed by atoms with Crippen LogP contribution in [0.3, 0.4) is 0 Å². The molecule has 4 nitrogen and oxygen atoms in total. The molecule has 1 amide bonds. The minimum Gasteiger partial charge on any atom is -0.497 e. The molecule has 0 bridgehead atoms. The van der Waals surface area contributed by atoms with E-state index in [1.807, 2.05) is 68.4 Å². The smallest absolute Gasteiger partial charge is 0.280 e. The van der Waals surface area contributed by atoms with Crippen molar-refractivity contribution >= 4 is 22.9 Å². The third-order valence-corrected chi connectivity index (χ3v) is 3.92. The van der Waals surface area contributed by atoms with Gasteiger partial charge in [0.1, 0.15) is 5.75 Å². The number of allylic oxidation sites excluding steroid dienone is 1. The topological polar surface area (TPSA) is 41.9 Å². The van der Waals surface area contributed by atoms with Gasteiger partial charge in [-0.25, -0.2) is 0 Å². The number of anilines is 1. The van der Waals surface area contributed by atoms with Crippen LogP contribution in [0, 0.1) is 0 Å². The number of nitrogens with zero attached hydrogens (tertiary/aromatic N) is 2. The number of carbonyl (C=O) groups is 1. The maximum absolute atomic E-state index is 12.8. The highest BCUT2D eigenvalue weighted by Crippen LogP contribution is 2.29. The first-order valence-corrected chi connectivity index (χ1v) is 7.42. The fraction of sp³-hybridized carbons (Fsp3) is 0.158. The molecule has 1 aliphatic heterocycles. The number of ether oxygens (including phenoxy) is 1. The second kappa shape index (κ2) is 6.08. The third kappa shape index (κ3) is 2.75. The van der Waals surface area contributed by atoms with Crippen LogP contribution in [0.1, 0.15) is 19.4 Å². The summed E-state index contributed by atoms with van der Waals surface area (Å²) < 4.78 is 5.18. The van der Waals surface area contributed by atoms with Crippen molar-refractivity contribution in [2.45, 2.75) is 13.8 Å². The first-order chi connectivity index (χ1) is 11.1. The number of methoxy groups -OCH3 is 1. The van der Waals surface area contributed by atoms with Gasteiger partial charge in [0, 0.05) is 0 Å². The van der Waals surface area contributed by atoms with Crippen LogP contribution in [-0.2, 0) is 4.79 Å². The van der Waals surface area contributed by atoms with E-state index in [1.165, 1.54) is 5.01 Å². The quantitative estimate of drug-likeness (QED) is 0.807. The number of para-hydroxylation sites is 1. The van der Waals surface area contributed by atoms with Crippen LogP contribution < -0.4 is 9.75 Å². The SMILES string of the molecule is COc1ccc(C(C)=C2C(=O)N(c3ccccc3)N=C2C)cc1. The van der Waals surface area contributed by atoms with Crippen molar-refractivity contribution < 1.29 is 9.53 Å². The first kappa shape index (κ1) is 15.0. The van der Waals surface area contributed by atoms with Crippen LogP contribution in [0.2, 0.25) is 0 Å². The number of hydrazone groups is 1. The van der Waals surface area contributed by atoms with E-state index in [1.54, 1.807) is 7.11 Å². The van der Waals surface area contributed by atoms with Gasteiger partial charge in [0.05, 0.1) is 24.1 Å². The highest BCUT2D eigenvalue weighted by molar-refractivity contribution is 6.33. The summed E-state index contributed by atoms with van der Waals surface area (Å²) in [4.78, 5) is 12.8. The highest BCUT2D eigenvalue weighted by Gasteiger charge is 2.30. The molecular formula is C19H18N2O2. The molecule has 0 aliphatic carbocycles. The fourth-order valence-corrected chi connectivity index (χ4v) is 2.67. The number of benzene rings is 2. The van der Waals surface area contributed by atoms with Crippen molar-refractivity contribution in [2.75, 3.05) is 12.1 Å². The number of hydrogen-bond acceptors (Lipinski definition) is 3. The molecule has 0 spiro atoms. The van der Waals surface area contributed by atoms with E-state index in [2.05, 4.69) is 5.10 Å². The maximum atomic E-state index is 12.8. The Morgan fingerprint density at radius 2 is 1.70 bits per heavy atom. The van der Waals surface area contributed by atoms with Crippen molar-refractivity contribution in [1.82, 2.24) is 0 Å². The molecule has 2 aromatic rings. The van der Waals surface area contributed by atoms with Gasteiger partial charge in [-0.05, 0) is 49.2 Å². The average Bonchev–Trinajstić information content (AvgIpc) is 2.89. The molecule has 0 atom stereocenters. The summed E-state index contributed by atoms with van der Waals surface area (Å²) in [5, 5.41) is 5.88. The van der Waals surface area contributed by atoms with Crippen molar-refractivity contribution in [3.63, 3.8) is 0 Å². The van der Waals surface area contributed by atoms with Gasteiger partial charge in [-0.15, -0.1) is 0 Å². The molecule has 0 radical (unpaired) electrons. The number of amides is 1. The second-order valence-corrected chi connectivity index (χ2v) is 5.37. The van der Waals surface area contributed by atoms with Crippen molar-refractivity contribution in [3.8, 4) is 5.75 Å². The van der Waals surface area contributed by atoms with Gasteiger partial charge >= 0.3 is 0 Å². The summed E-state index contributed by atoms with van der Waals surface area (Å²) >= 11 is 0. The Bertz CT molecular complexity index is 790. The normalized spacial score (nSPS) is 16.4. The predicted molar refractivity (Wildman–Crippen MR) is 92.6 cm³/mol. The molecule has 0 saturated carbocycles. The van der Waals surface area contributed by atoms with Crippen LogP contribution in [0.4, 0.5) is 5.69 Å². The lowest BCUT2D eigenvalue weighted by Gasteiger charge is -2.12. The molecule has 4 heteroatoms. The Balaban J connectivity index is 1.99. The summed E-state index contributed by atoms with van der Waals surface area (Å²) in [6.07, 6.45) is 0. The van der Waals surface area contributed by atoms with Crippen LogP contribution in [0.25, 0.3) is 5.57 Å². The van der Waals surface area contributed by atoms with E-state index in [-0.39, 0.29) is 5.91 Å². The lowest BCUT2D eigenvalue weighted by molar-refractivity contribution is -0.114. The van der Waals surface area contributed by atoms with E-state index in [9.17, 15) is 4.79 Å². The Labute approximate surface area is 135 Å². The number of carbonyl (C=O) groups excluding carboxylic acids is 1. The Hall–Kier alpha value is -2.88. The van der Waals surface area contributed by atoms with Crippen LogP contribution in [-0.4, -0.2) is 18.7 Å². The molecule has 3 rings (SSSR count). The zero-order valence-electron chi connectivity index (χ0n) is 13.4. The van der Waals surface area contributed by atoms with E-state index in [0.717, 1.165) is 28.3 Å². The molecule has 1 aliphatic rings. The van der Waals surface area contributed by atoms with Gasteiger partial charge in [0.25, 0.3) is 5.91 Å². The summed E-state index contributed by atoms with van der Waals surface area (Å²) in [5.41, 5.74) is 4.05. The van der Waals surface area contributed by atoms with Crippen LogP contribution in [0.5, 0.6) is 5.75 Å².